The van der Waals surface area contributed by atoms with Crippen LogP contribution in [0.25, 0.3) is 0 Å². The van der Waals surface area contributed by atoms with Crippen LogP contribution < -0.4 is 0 Å². The molecular weight excluding hydrogens is 342 g/mol. The summed E-state index contributed by atoms with van der Waals surface area (Å²) in [5, 5.41) is 20.2. The van der Waals surface area contributed by atoms with Crippen LogP contribution in [0.5, 0.6) is 0 Å². The van der Waals surface area contributed by atoms with Crippen LogP contribution in [0.3, 0.4) is 0 Å². The second-order valence-electron chi connectivity index (χ2n) is 7.54. The molecule has 138 valence electrons. The summed E-state index contributed by atoms with van der Waals surface area (Å²) in [5.41, 5.74) is -0.152. The van der Waals surface area contributed by atoms with Crippen molar-refractivity contribution in [2.75, 3.05) is 19.3 Å². The molecule has 0 bridgehead atoms. The minimum Gasteiger partial charge on any atom is -0.481 e. The van der Waals surface area contributed by atoms with Crippen molar-refractivity contribution in [1.29, 1.82) is 0 Å². The van der Waals surface area contributed by atoms with Crippen LogP contribution in [0.15, 0.2) is 29.2 Å². The van der Waals surface area contributed by atoms with Crippen molar-refractivity contribution in [2.24, 2.45) is 11.3 Å². The largest absolute Gasteiger partial charge is 0.481 e. The molecule has 1 saturated carbocycles. The number of carbonyl (C=O) groups is 1. The van der Waals surface area contributed by atoms with Crippen molar-refractivity contribution in [3.63, 3.8) is 0 Å². The highest BCUT2D eigenvalue weighted by Crippen LogP contribution is 2.45. The van der Waals surface area contributed by atoms with E-state index in [0.29, 0.717) is 38.4 Å². The van der Waals surface area contributed by atoms with Gasteiger partial charge in [-0.15, -0.1) is 0 Å². The summed E-state index contributed by atoms with van der Waals surface area (Å²) >= 11 is 0. The smallest absolute Gasteiger partial charge is 0.313 e. The number of rotatable bonds is 6. The number of benzene rings is 1. The van der Waals surface area contributed by atoms with Crippen molar-refractivity contribution in [3.05, 3.63) is 29.8 Å². The van der Waals surface area contributed by atoms with Gasteiger partial charge in [0, 0.05) is 25.9 Å². The van der Waals surface area contributed by atoms with Gasteiger partial charge in [0.2, 0.25) is 0 Å². The van der Waals surface area contributed by atoms with E-state index in [4.69, 9.17) is 0 Å². The molecule has 1 aliphatic carbocycles. The van der Waals surface area contributed by atoms with Gasteiger partial charge in [0.25, 0.3) is 0 Å². The zero-order valence-corrected chi connectivity index (χ0v) is 15.2. The number of aliphatic hydroxyl groups excluding tert-OH is 1. The molecule has 6 nitrogen and oxygen atoms in total. The molecule has 0 aromatic heterocycles. The predicted octanol–water partition coefficient (Wildman–Crippen LogP) is 1.53. The molecule has 7 heteroatoms. The third-order valence-electron chi connectivity index (χ3n) is 5.40. The molecule has 2 aliphatic rings. The van der Waals surface area contributed by atoms with E-state index in [9.17, 15) is 23.4 Å². The highest BCUT2D eigenvalue weighted by molar-refractivity contribution is 7.90. The molecule has 0 amide bonds. The first kappa shape index (κ1) is 18.4. The van der Waals surface area contributed by atoms with Crippen LogP contribution >= 0.6 is 0 Å². The van der Waals surface area contributed by atoms with E-state index < -0.39 is 27.3 Å². The van der Waals surface area contributed by atoms with E-state index in [1.54, 1.807) is 24.3 Å². The highest BCUT2D eigenvalue weighted by atomic mass is 32.2. The molecule has 25 heavy (non-hydrogen) atoms. The second kappa shape index (κ2) is 6.70. The number of hydrogen-bond donors (Lipinski definition) is 2. The Balaban J connectivity index is 1.73. The summed E-state index contributed by atoms with van der Waals surface area (Å²) in [7, 11) is -3.22. The van der Waals surface area contributed by atoms with Gasteiger partial charge < -0.3 is 10.2 Å². The molecule has 1 aliphatic heterocycles. The van der Waals surface area contributed by atoms with Gasteiger partial charge in [-0.05, 0) is 36.5 Å². The topological polar surface area (TPSA) is 94.9 Å². The van der Waals surface area contributed by atoms with Crippen LogP contribution in [0.2, 0.25) is 0 Å². The van der Waals surface area contributed by atoms with Crippen LogP contribution in [0, 0.1) is 11.3 Å². The Kier molecular flexibility index (Phi) is 4.92. The average molecular weight is 367 g/mol. The number of hydrogen-bond acceptors (Lipinski definition) is 5. The van der Waals surface area contributed by atoms with E-state index in [1.807, 2.05) is 0 Å². The Labute approximate surface area is 148 Å². The maximum atomic E-state index is 11.9. The minimum atomic E-state index is -3.22. The van der Waals surface area contributed by atoms with Gasteiger partial charge in [-0.3, -0.25) is 9.69 Å². The lowest BCUT2D eigenvalue weighted by atomic mass is 9.73. The van der Waals surface area contributed by atoms with Crippen molar-refractivity contribution in [3.8, 4) is 0 Å². The van der Waals surface area contributed by atoms with Gasteiger partial charge in [-0.1, -0.05) is 25.0 Å². The third kappa shape index (κ3) is 4.04. The predicted molar refractivity (Wildman–Crippen MR) is 92.9 cm³/mol. The molecule has 1 aromatic carbocycles. The zero-order chi connectivity index (χ0) is 18.2. The van der Waals surface area contributed by atoms with E-state index in [0.717, 1.165) is 18.4 Å². The lowest BCUT2D eigenvalue weighted by molar-refractivity contribution is -0.165. The number of sulfone groups is 1. The molecule has 0 spiro atoms. The normalized spacial score (nSPS) is 28.0. The van der Waals surface area contributed by atoms with Crippen LogP contribution in [0.1, 0.15) is 31.2 Å². The van der Waals surface area contributed by atoms with Gasteiger partial charge >= 0.3 is 5.97 Å². The third-order valence-corrected chi connectivity index (χ3v) is 6.52. The zero-order valence-electron chi connectivity index (χ0n) is 14.4. The van der Waals surface area contributed by atoms with Gasteiger partial charge in [-0.25, -0.2) is 8.42 Å². The first-order valence-corrected chi connectivity index (χ1v) is 10.5. The lowest BCUT2D eigenvalue weighted by Crippen LogP contribution is -2.55. The molecule has 1 aromatic rings. The van der Waals surface area contributed by atoms with Gasteiger partial charge in [0.15, 0.2) is 9.84 Å². The molecular formula is C18H25NO5S. The van der Waals surface area contributed by atoms with Crippen molar-refractivity contribution < 1.29 is 23.4 Å². The number of piperidine rings is 1. The quantitative estimate of drug-likeness (QED) is 0.792. The maximum Gasteiger partial charge on any atom is 0.313 e. The Hall–Kier alpha value is -1.44. The molecule has 2 fully saturated rings. The summed E-state index contributed by atoms with van der Waals surface area (Å²) in [6.45, 7) is 1.51. The van der Waals surface area contributed by atoms with Gasteiger partial charge in [-0.2, -0.15) is 0 Å². The number of carboxylic acids is 1. The minimum absolute atomic E-state index is 0.277. The van der Waals surface area contributed by atoms with E-state index in [2.05, 4.69) is 4.90 Å². The fraction of sp³-hybridized carbons (Fsp3) is 0.611. The fourth-order valence-electron chi connectivity index (χ4n) is 3.73. The van der Waals surface area contributed by atoms with E-state index >= 15 is 0 Å². The summed E-state index contributed by atoms with van der Waals surface area (Å²) in [6.07, 6.45) is 3.44. The number of carboxylic acid groups (broad SMARTS) is 1. The monoisotopic (exact) mass is 367 g/mol. The van der Waals surface area contributed by atoms with Crippen molar-refractivity contribution in [1.82, 2.24) is 4.90 Å². The Morgan fingerprint density at radius 3 is 2.40 bits per heavy atom. The van der Waals surface area contributed by atoms with E-state index in [1.165, 1.54) is 6.26 Å². The van der Waals surface area contributed by atoms with E-state index in [-0.39, 0.29) is 4.90 Å². The van der Waals surface area contributed by atoms with Gasteiger partial charge in [0.05, 0.1) is 11.0 Å². The second-order valence-corrected chi connectivity index (χ2v) is 9.56. The van der Waals surface area contributed by atoms with Gasteiger partial charge in [0.1, 0.15) is 5.41 Å². The maximum absolute atomic E-state index is 11.9. The summed E-state index contributed by atoms with van der Waals surface area (Å²) < 4.78 is 23.1. The first-order chi connectivity index (χ1) is 11.7. The Morgan fingerprint density at radius 2 is 1.88 bits per heavy atom. The van der Waals surface area contributed by atoms with Crippen LogP contribution in [-0.2, 0) is 21.2 Å². The Morgan fingerprint density at radius 1 is 1.24 bits per heavy atom. The molecule has 2 N–H and O–H groups in total. The molecule has 1 saturated heterocycles. The van der Waals surface area contributed by atoms with Crippen LogP contribution in [-0.4, -0.2) is 54.9 Å². The molecule has 2 atom stereocenters. The standard InChI is InChI=1S/C18H25NO5S/c1-25(23,24)15-6-4-14(5-7-15)11-19-9-8-16(20)18(12-19,17(21)22)10-13-2-3-13/h4-7,13,16,20H,2-3,8-12H2,1H3,(H,21,22)/t16-,18-/m1/s1. The molecule has 1 heterocycles. The number of nitrogens with zero attached hydrogens (tertiary/aromatic N) is 1. The molecule has 0 radical (unpaired) electrons. The average Bonchev–Trinajstić information content (AvgIpc) is 3.34. The molecule has 0 unspecified atom stereocenters. The number of aliphatic carboxylic acids is 1. The summed E-state index contributed by atoms with van der Waals surface area (Å²) in [5.74, 6) is -0.497. The van der Waals surface area contributed by atoms with Crippen LogP contribution in [0.4, 0.5) is 0 Å². The summed E-state index contributed by atoms with van der Waals surface area (Å²) in [6, 6.07) is 6.70. The number of aliphatic hydroxyl groups is 1. The van der Waals surface area contributed by atoms with Crippen molar-refractivity contribution >= 4 is 15.8 Å². The molecule has 3 rings (SSSR count). The highest BCUT2D eigenvalue weighted by Gasteiger charge is 2.51. The summed E-state index contributed by atoms with van der Waals surface area (Å²) in [4.78, 5) is 14.3. The SMILES string of the molecule is CS(=O)(=O)c1ccc(CN2CC[C@@H](O)[C@](CC3CC3)(C(=O)O)C2)cc1. The first-order valence-electron chi connectivity index (χ1n) is 8.63. The number of likely N-dealkylation sites (tertiary alicyclic amines) is 1. The lowest BCUT2D eigenvalue weighted by Gasteiger charge is -2.43. The Bertz CT molecular complexity index is 741. The van der Waals surface area contributed by atoms with Crippen molar-refractivity contribution in [2.45, 2.75) is 43.2 Å². The fourth-order valence-corrected chi connectivity index (χ4v) is 4.37.